The van der Waals surface area contributed by atoms with Crippen molar-refractivity contribution < 1.29 is 5.11 Å². The summed E-state index contributed by atoms with van der Waals surface area (Å²) in [5, 5.41) is 9.99. The highest BCUT2D eigenvalue weighted by Gasteiger charge is 2.55. The first-order valence-corrected chi connectivity index (χ1v) is 8.83. The molecule has 0 radical (unpaired) electrons. The minimum atomic E-state index is 0.151. The van der Waals surface area contributed by atoms with E-state index in [9.17, 15) is 5.11 Å². The molecule has 0 bridgehead atoms. The van der Waals surface area contributed by atoms with Crippen LogP contribution in [0.2, 0.25) is 0 Å². The van der Waals surface area contributed by atoms with Gasteiger partial charge in [-0.1, -0.05) is 44.9 Å². The number of fused-ring (bicyclic) bond motifs is 3. The molecule has 0 aromatic heterocycles. The van der Waals surface area contributed by atoms with E-state index in [4.69, 9.17) is 0 Å². The van der Waals surface area contributed by atoms with Crippen molar-refractivity contribution in [2.45, 2.75) is 65.7 Å². The van der Waals surface area contributed by atoms with Crippen LogP contribution in [0.1, 0.15) is 65.7 Å². The standard InChI is InChI=1S/C20H32O/c1-5-18(2)12-9-16-15(13-18)7-8-17-19(3,14-21)10-6-11-20(16,17)4/h5,13,16-17,21H,1,6-12,14H2,2-4H3/t16-,17?,18+,19-,20+/m0/s1. The zero-order valence-corrected chi connectivity index (χ0v) is 14.1. The Morgan fingerprint density at radius 3 is 2.67 bits per heavy atom. The third kappa shape index (κ3) is 2.23. The molecule has 1 N–H and O–H groups in total. The first-order valence-electron chi connectivity index (χ1n) is 8.83. The summed E-state index contributed by atoms with van der Waals surface area (Å²) in [4.78, 5) is 0. The van der Waals surface area contributed by atoms with Crippen LogP contribution in [0.5, 0.6) is 0 Å². The molecule has 0 spiro atoms. The second-order valence-corrected chi connectivity index (χ2v) is 8.78. The van der Waals surface area contributed by atoms with Crippen LogP contribution >= 0.6 is 0 Å². The van der Waals surface area contributed by atoms with Crippen LogP contribution < -0.4 is 0 Å². The van der Waals surface area contributed by atoms with Gasteiger partial charge in [-0.3, -0.25) is 0 Å². The van der Waals surface area contributed by atoms with Crippen molar-refractivity contribution in [3.05, 3.63) is 24.3 Å². The van der Waals surface area contributed by atoms with Gasteiger partial charge in [-0.15, -0.1) is 6.58 Å². The van der Waals surface area contributed by atoms with Gasteiger partial charge in [0.2, 0.25) is 0 Å². The largest absolute Gasteiger partial charge is 0.396 e. The van der Waals surface area contributed by atoms with Crippen LogP contribution in [0.15, 0.2) is 24.3 Å². The van der Waals surface area contributed by atoms with Crippen molar-refractivity contribution in [1.29, 1.82) is 0 Å². The smallest absolute Gasteiger partial charge is 0.0487 e. The van der Waals surface area contributed by atoms with Crippen LogP contribution in [-0.2, 0) is 0 Å². The molecule has 0 saturated heterocycles. The summed E-state index contributed by atoms with van der Waals surface area (Å²) in [6.45, 7) is 11.6. The van der Waals surface area contributed by atoms with Gasteiger partial charge in [0.05, 0.1) is 0 Å². The third-order valence-electron chi connectivity index (χ3n) is 7.38. The first-order chi connectivity index (χ1) is 9.87. The van der Waals surface area contributed by atoms with Gasteiger partial charge in [-0.25, -0.2) is 0 Å². The highest BCUT2D eigenvalue weighted by molar-refractivity contribution is 5.26. The third-order valence-corrected chi connectivity index (χ3v) is 7.38. The predicted octanol–water partition coefficient (Wildman–Crippen LogP) is 5.11. The summed E-state index contributed by atoms with van der Waals surface area (Å²) in [7, 11) is 0. The maximum atomic E-state index is 9.99. The molecule has 0 aliphatic heterocycles. The lowest BCUT2D eigenvalue weighted by atomic mass is 9.45. The lowest BCUT2D eigenvalue weighted by Crippen LogP contribution is -2.52. The van der Waals surface area contributed by atoms with E-state index in [2.05, 4.69) is 39.5 Å². The highest BCUT2D eigenvalue weighted by atomic mass is 16.3. The Hall–Kier alpha value is -0.560. The van der Waals surface area contributed by atoms with Crippen LogP contribution in [0, 0.1) is 28.1 Å². The van der Waals surface area contributed by atoms with E-state index in [0.29, 0.717) is 17.9 Å². The molecule has 0 amide bonds. The molecule has 3 rings (SSSR count). The van der Waals surface area contributed by atoms with Crippen molar-refractivity contribution in [3.63, 3.8) is 0 Å². The molecule has 3 aliphatic carbocycles. The SMILES string of the molecule is C=C[C@@]1(C)C=C2CCC3[C@](C)(CO)CCC[C@]3(C)[C@H]2CC1. The number of aliphatic hydroxyl groups excluding tert-OH is 1. The minimum Gasteiger partial charge on any atom is -0.396 e. The fourth-order valence-electron chi connectivity index (χ4n) is 6.01. The first kappa shape index (κ1) is 15.3. The Kier molecular flexibility index (Phi) is 3.64. The summed E-state index contributed by atoms with van der Waals surface area (Å²) in [5.41, 5.74) is 2.47. The summed E-state index contributed by atoms with van der Waals surface area (Å²) < 4.78 is 0. The quantitative estimate of drug-likeness (QED) is 0.700. The number of rotatable bonds is 2. The highest BCUT2D eigenvalue weighted by Crippen LogP contribution is 2.63. The van der Waals surface area contributed by atoms with E-state index in [1.165, 1.54) is 44.9 Å². The molecule has 1 heteroatoms. The number of hydrogen-bond donors (Lipinski definition) is 1. The topological polar surface area (TPSA) is 20.2 Å². The van der Waals surface area contributed by atoms with E-state index in [0.717, 1.165) is 5.92 Å². The molecular weight excluding hydrogens is 256 g/mol. The van der Waals surface area contributed by atoms with Gasteiger partial charge in [-0.2, -0.15) is 0 Å². The summed E-state index contributed by atoms with van der Waals surface area (Å²) in [6.07, 6.45) is 13.6. The van der Waals surface area contributed by atoms with E-state index in [1.807, 2.05) is 0 Å². The Morgan fingerprint density at radius 1 is 1.24 bits per heavy atom. The van der Waals surface area contributed by atoms with Gasteiger partial charge >= 0.3 is 0 Å². The minimum absolute atomic E-state index is 0.151. The average Bonchev–Trinajstić information content (AvgIpc) is 2.46. The van der Waals surface area contributed by atoms with E-state index >= 15 is 0 Å². The molecule has 0 heterocycles. The van der Waals surface area contributed by atoms with Gasteiger partial charge in [0.25, 0.3) is 0 Å². The summed E-state index contributed by atoms with van der Waals surface area (Å²) in [6, 6.07) is 0. The molecule has 5 atom stereocenters. The fraction of sp³-hybridized carbons (Fsp3) is 0.800. The number of hydrogen-bond acceptors (Lipinski definition) is 1. The zero-order chi connectivity index (χ0) is 15.3. The summed E-state index contributed by atoms with van der Waals surface area (Å²) >= 11 is 0. The van der Waals surface area contributed by atoms with Crippen LogP contribution in [0.25, 0.3) is 0 Å². The monoisotopic (exact) mass is 288 g/mol. The van der Waals surface area contributed by atoms with Crippen molar-refractivity contribution in [1.82, 2.24) is 0 Å². The van der Waals surface area contributed by atoms with Crippen molar-refractivity contribution >= 4 is 0 Å². The van der Waals surface area contributed by atoms with Crippen molar-refractivity contribution in [2.75, 3.05) is 6.61 Å². The predicted molar refractivity (Wildman–Crippen MR) is 89.0 cm³/mol. The Balaban J connectivity index is 1.96. The van der Waals surface area contributed by atoms with Gasteiger partial charge < -0.3 is 5.11 Å². The van der Waals surface area contributed by atoms with E-state index < -0.39 is 0 Å². The van der Waals surface area contributed by atoms with Crippen LogP contribution in [-0.4, -0.2) is 11.7 Å². The molecule has 21 heavy (non-hydrogen) atoms. The van der Waals surface area contributed by atoms with Crippen molar-refractivity contribution in [2.24, 2.45) is 28.1 Å². The lowest BCUT2D eigenvalue weighted by molar-refractivity contribution is -0.0892. The molecule has 3 aliphatic rings. The fourth-order valence-corrected chi connectivity index (χ4v) is 6.01. The maximum Gasteiger partial charge on any atom is 0.0487 e. The van der Waals surface area contributed by atoms with Crippen LogP contribution in [0.4, 0.5) is 0 Å². The molecule has 0 aromatic rings. The van der Waals surface area contributed by atoms with Gasteiger partial charge in [0.15, 0.2) is 0 Å². The molecule has 1 nitrogen and oxygen atoms in total. The van der Waals surface area contributed by atoms with Gasteiger partial charge in [0.1, 0.15) is 0 Å². The van der Waals surface area contributed by atoms with Gasteiger partial charge in [-0.05, 0) is 61.2 Å². The van der Waals surface area contributed by atoms with E-state index in [-0.39, 0.29) is 10.8 Å². The van der Waals surface area contributed by atoms with Gasteiger partial charge in [0, 0.05) is 12.0 Å². The lowest BCUT2D eigenvalue weighted by Gasteiger charge is -2.60. The number of allylic oxidation sites excluding steroid dienone is 3. The zero-order valence-electron chi connectivity index (χ0n) is 14.1. The van der Waals surface area contributed by atoms with E-state index in [1.54, 1.807) is 5.57 Å². The second-order valence-electron chi connectivity index (χ2n) is 8.78. The van der Waals surface area contributed by atoms with Crippen molar-refractivity contribution in [3.8, 4) is 0 Å². The Labute approximate surface area is 130 Å². The van der Waals surface area contributed by atoms with Crippen LogP contribution in [0.3, 0.4) is 0 Å². The Morgan fingerprint density at radius 2 is 2.00 bits per heavy atom. The molecule has 2 saturated carbocycles. The average molecular weight is 288 g/mol. The normalized spacial score (nSPS) is 49.8. The maximum absolute atomic E-state index is 9.99. The molecular formula is C20H32O. The number of aliphatic hydroxyl groups is 1. The second kappa shape index (κ2) is 4.98. The molecule has 1 unspecified atom stereocenters. The molecule has 2 fully saturated rings. The summed E-state index contributed by atoms with van der Waals surface area (Å²) in [5.74, 6) is 1.44. The molecule has 0 aromatic carbocycles. The molecule has 118 valence electrons. The Bertz CT molecular complexity index is 464.